The smallest absolute Gasteiger partial charge is 0.264 e. The lowest BCUT2D eigenvalue weighted by atomic mass is 10.2. The van der Waals surface area contributed by atoms with Gasteiger partial charge in [-0.2, -0.15) is 0 Å². The minimum Gasteiger partial charge on any atom is -0.317 e. The third-order valence-corrected chi connectivity index (χ3v) is 5.55. The summed E-state index contributed by atoms with van der Waals surface area (Å²) in [6.07, 6.45) is 4.82. The number of nitrogens with one attached hydrogen (secondary N) is 1. The summed E-state index contributed by atoms with van der Waals surface area (Å²) in [5.41, 5.74) is 3.98. The molecule has 0 atom stereocenters. The Morgan fingerprint density at radius 1 is 1.11 bits per heavy atom. The van der Waals surface area contributed by atoms with E-state index in [-0.39, 0.29) is 5.91 Å². The number of hydrogen-bond acceptors (Lipinski definition) is 3. The van der Waals surface area contributed by atoms with Gasteiger partial charge in [-0.15, -0.1) is 0 Å². The summed E-state index contributed by atoms with van der Waals surface area (Å²) in [7, 11) is 0. The molecule has 4 nitrogen and oxygen atoms in total. The molecule has 0 spiro atoms. The van der Waals surface area contributed by atoms with Gasteiger partial charge in [-0.1, -0.05) is 30.7 Å². The standard InChI is InChI=1S/C22H18ClN3OS/c1-2-15-5-9-17(10-6-15)24-22-25-21(27)20(28-22)14-19-4-3-13-26(19)18-11-7-16(23)8-12-18/h3-14H,2H2,1H3,(H,24,25,27)/b20-14+. The van der Waals surface area contributed by atoms with Crippen LogP contribution < -0.4 is 5.32 Å². The molecule has 1 saturated heterocycles. The Hall–Kier alpha value is -2.76. The normalized spacial score (nSPS) is 16.7. The van der Waals surface area contributed by atoms with Gasteiger partial charge >= 0.3 is 0 Å². The molecule has 1 fully saturated rings. The van der Waals surface area contributed by atoms with E-state index in [2.05, 4.69) is 29.4 Å². The summed E-state index contributed by atoms with van der Waals surface area (Å²) in [5.74, 6) is -0.141. The number of aryl methyl sites for hydroxylation is 1. The highest BCUT2D eigenvalue weighted by Gasteiger charge is 2.24. The van der Waals surface area contributed by atoms with Crippen LogP contribution in [0.1, 0.15) is 18.2 Å². The van der Waals surface area contributed by atoms with Gasteiger partial charge in [0.2, 0.25) is 0 Å². The number of thioether (sulfide) groups is 1. The molecule has 1 aliphatic heterocycles. The van der Waals surface area contributed by atoms with E-state index in [9.17, 15) is 4.79 Å². The third-order valence-electron chi connectivity index (χ3n) is 4.39. The minimum absolute atomic E-state index is 0.141. The maximum absolute atomic E-state index is 12.4. The molecule has 0 unspecified atom stereocenters. The average molecular weight is 408 g/mol. The van der Waals surface area contributed by atoms with E-state index in [1.165, 1.54) is 17.3 Å². The molecule has 140 valence electrons. The van der Waals surface area contributed by atoms with Gasteiger partial charge in [0.15, 0.2) is 5.17 Å². The monoisotopic (exact) mass is 407 g/mol. The van der Waals surface area contributed by atoms with Crippen LogP contribution in [0.3, 0.4) is 0 Å². The van der Waals surface area contributed by atoms with Crippen molar-refractivity contribution in [1.29, 1.82) is 0 Å². The van der Waals surface area contributed by atoms with E-state index in [4.69, 9.17) is 11.6 Å². The number of aromatic nitrogens is 1. The summed E-state index contributed by atoms with van der Waals surface area (Å²) < 4.78 is 2.01. The van der Waals surface area contributed by atoms with Crippen molar-refractivity contribution in [2.24, 2.45) is 4.99 Å². The van der Waals surface area contributed by atoms with Crippen LogP contribution in [0.15, 0.2) is 76.8 Å². The zero-order valence-electron chi connectivity index (χ0n) is 15.2. The Labute approximate surface area is 172 Å². The third kappa shape index (κ3) is 4.06. The highest BCUT2D eigenvalue weighted by atomic mass is 35.5. The molecular weight excluding hydrogens is 390 g/mol. The highest BCUT2D eigenvalue weighted by molar-refractivity contribution is 8.18. The summed E-state index contributed by atoms with van der Waals surface area (Å²) >= 11 is 7.32. The molecular formula is C22H18ClN3OS. The molecule has 2 aromatic carbocycles. The van der Waals surface area contributed by atoms with Crippen LogP contribution in [-0.2, 0) is 11.2 Å². The number of halogens is 1. The Balaban J connectivity index is 1.58. The van der Waals surface area contributed by atoms with Crippen LogP contribution in [-0.4, -0.2) is 15.6 Å². The van der Waals surface area contributed by atoms with Gasteiger partial charge in [-0.3, -0.25) is 4.79 Å². The predicted molar refractivity (Wildman–Crippen MR) is 117 cm³/mol. The van der Waals surface area contributed by atoms with Crippen LogP contribution >= 0.6 is 23.4 Å². The van der Waals surface area contributed by atoms with Crippen molar-refractivity contribution in [1.82, 2.24) is 9.88 Å². The van der Waals surface area contributed by atoms with Crippen molar-refractivity contribution < 1.29 is 4.79 Å². The molecule has 6 heteroatoms. The summed E-state index contributed by atoms with van der Waals surface area (Å²) in [5, 5.41) is 4.12. The molecule has 0 radical (unpaired) electrons. The van der Waals surface area contributed by atoms with E-state index in [1.54, 1.807) is 0 Å². The van der Waals surface area contributed by atoms with Gasteiger partial charge in [-0.05, 0) is 78.4 Å². The molecule has 0 aliphatic carbocycles. The lowest BCUT2D eigenvalue weighted by Crippen LogP contribution is -2.19. The number of hydrogen-bond donors (Lipinski definition) is 1. The first-order valence-corrected chi connectivity index (χ1v) is 10.1. The van der Waals surface area contributed by atoms with Crippen molar-refractivity contribution in [3.05, 3.63) is 88.0 Å². The molecule has 4 rings (SSSR count). The molecule has 0 saturated carbocycles. The fourth-order valence-electron chi connectivity index (χ4n) is 2.89. The first kappa shape index (κ1) is 18.6. The Bertz CT molecular complexity index is 1070. The van der Waals surface area contributed by atoms with Crippen molar-refractivity contribution in [2.75, 3.05) is 0 Å². The van der Waals surface area contributed by atoms with Crippen molar-refractivity contribution in [3.8, 4) is 5.69 Å². The number of amidine groups is 1. The minimum atomic E-state index is -0.141. The van der Waals surface area contributed by atoms with Crippen LogP contribution in [0.4, 0.5) is 5.69 Å². The molecule has 3 aromatic rings. The second-order valence-electron chi connectivity index (χ2n) is 6.28. The number of carbonyl (C=O) groups is 1. The molecule has 1 amide bonds. The van der Waals surface area contributed by atoms with Crippen LogP contribution in [0.5, 0.6) is 0 Å². The van der Waals surface area contributed by atoms with Crippen LogP contribution in [0.2, 0.25) is 5.02 Å². The van der Waals surface area contributed by atoms with Crippen LogP contribution in [0, 0.1) is 0 Å². The topological polar surface area (TPSA) is 46.4 Å². The van der Waals surface area contributed by atoms with Gasteiger partial charge in [0.05, 0.1) is 10.6 Å². The number of carbonyl (C=O) groups excluding carboxylic acids is 1. The number of aliphatic imine (C=N–C) groups is 1. The number of benzene rings is 2. The predicted octanol–water partition coefficient (Wildman–Crippen LogP) is 5.58. The zero-order chi connectivity index (χ0) is 19.5. The lowest BCUT2D eigenvalue weighted by molar-refractivity contribution is -0.115. The van der Waals surface area contributed by atoms with E-state index in [1.807, 2.05) is 65.4 Å². The van der Waals surface area contributed by atoms with Crippen LogP contribution in [0.25, 0.3) is 11.8 Å². The Morgan fingerprint density at radius 2 is 1.86 bits per heavy atom. The van der Waals surface area contributed by atoms with Crippen molar-refractivity contribution in [3.63, 3.8) is 0 Å². The van der Waals surface area contributed by atoms with E-state index < -0.39 is 0 Å². The molecule has 2 heterocycles. The number of nitrogens with zero attached hydrogens (tertiary/aromatic N) is 2. The van der Waals surface area contributed by atoms with Gasteiger partial charge in [0.1, 0.15) is 0 Å². The van der Waals surface area contributed by atoms with E-state index >= 15 is 0 Å². The molecule has 0 bridgehead atoms. The maximum atomic E-state index is 12.4. The zero-order valence-corrected chi connectivity index (χ0v) is 16.8. The van der Waals surface area contributed by atoms with Gasteiger partial charge in [0, 0.05) is 22.6 Å². The van der Waals surface area contributed by atoms with E-state index in [0.29, 0.717) is 15.1 Å². The first-order valence-electron chi connectivity index (χ1n) is 8.94. The lowest BCUT2D eigenvalue weighted by Gasteiger charge is -2.06. The SMILES string of the molecule is CCc1ccc(N=C2NC(=O)/C(=C\c3cccn3-c3ccc(Cl)cc3)S2)cc1. The average Bonchev–Trinajstić information content (AvgIpc) is 3.30. The van der Waals surface area contributed by atoms with E-state index in [0.717, 1.165) is 23.5 Å². The second kappa shape index (κ2) is 8.09. The highest BCUT2D eigenvalue weighted by Crippen LogP contribution is 2.29. The number of amides is 1. The Morgan fingerprint density at radius 3 is 2.57 bits per heavy atom. The van der Waals surface area contributed by atoms with Gasteiger partial charge < -0.3 is 9.88 Å². The van der Waals surface area contributed by atoms with Gasteiger partial charge in [0.25, 0.3) is 5.91 Å². The van der Waals surface area contributed by atoms with Gasteiger partial charge in [-0.25, -0.2) is 4.99 Å². The quantitative estimate of drug-likeness (QED) is 0.573. The largest absolute Gasteiger partial charge is 0.317 e. The molecule has 1 aliphatic rings. The molecule has 1 aromatic heterocycles. The molecule has 1 N–H and O–H groups in total. The maximum Gasteiger partial charge on any atom is 0.264 e. The summed E-state index contributed by atoms with van der Waals surface area (Å²) in [4.78, 5) is 17.5. The second-order valence-corrected chi connectivity index (χ2v) is 7.75. The molecule has 28 heavy (non-hydrogen) atoms. The fourth-order valence-corrected chi connectivity index (χ4v) is 3.84. The van der Waals surface area contributed by atoms with Crippen molar-refractivity contribution >= 4 is 46.2 Å². The Kier molecular flexibility index (Phi) is 5.37. The fraction of sp³-hybridized carbons (Fsp3) is 0.0909. The number of rotatable bonds is 4. The summed E-state index contributed by atoms with van der Waals surface area (Å²) in [6.45, 7) is 2.12. The van der Waals surface area contributed by atoms with Crippen molar-refractivity contribution in [2.45, 2.75) is 13.3 Å². The first-order chi connectivity index (χ1) is 13.6. The summed E-state index contributed by atoms with van der Waals surface area (Å²) in [6, 6.07) is 19.5.